The molecule has 0 unspecified atom stereocenters. The lowest BCUT2D eigenvalue weighted by Gasteiger charge is -2.12. The van der Waals surface area contributed by atoms with Gasteiger partial charge in [0, 0.05) is 13.1 Å². The van der Waals surface area contributed by atoms with Gasteiger partial charge in [-0.25, -0.2) is 0 Å². The Morgan fingerprint density at radius 3 is 2.57 bits per heavy atom. The molecule has 0 amide bonds. The number of phenols is 1. The molecule has 0 aliphatic rings. The topological polar surface area (TPSA) is 75.1 Å². The van der Waals surface area contributed by atoms with Crippen molar-refractivity contribution in [3.8, 4) is 11.5 Å². The number of ether oxygens (including phenoxy) is 2. The molecule has 3 N–H and O–H groups in total. The molecule has 2 aromatic carbocycles. The van der Waals surface area contributed by atoms with E-state index in [4.69, 9.17) is 9.47 Å². The Hall–Kier alpha value is -2.00. The van der Waals surface area contributed by atoms with Gasteiger partial charge >= 0.3 is 0 Å². The van der Waals surface area contributed by atoms with Gasteiger partial charge in [-0.15, -0.1) is 24.0 Å². The molecule has 0 saturated carbocycles. The predicted molar refractivity (Wildman–Crippen MR) is 124 cm³/mol. The van der Waals surface area contributed by atoms with Crippen molar-refractivity contribution in [3.05, 3.63) is 59.7 Å². The van der Waals surface area contributed by atoms with Crippen LogP contribution in [-0.2, 0) is 17.8 Å². The van der Waals surface area contributed by atoms with E-state index in [9.17, 15) is 5.11 Å². The summed E-state index contributed by atoms with van der Waals surface area (Å²) in [5, 5.41) is 16.2. The van der Waals surface area contributed by atoms with E-state index in [1.54, 1.807) is 13.2 Å². The first-order chi connectivity index (χ1) is 13.2. The lowest BCUT2D eigenvalue weighted by atomic mass is 10.1. The molecule has 0 aliphatic carbocycles. The highest BCUT2D eigenvalue weighted by Gasteiger charge is 2.03. The first kappa shape index (κ1) is 24.0. The van der Waals surface area contributed by atoms with Crippen molar-refractivity contribution in [1.82, 2.24) is 10.6 Å². The zero-order valence-electron chi connectivity index (χ0n) is 16.5. The molecule has 0 radical (unpaired) electrons. The molecule has 0 spiro atoms. The minimum atomic E-state index is 0. The molecule has 6 nitrogen and oxygen atoms in total. The lowest BCUT2D eigenvalue weighted by Crippen LogP contribution is -2.38. The van der Waals surface area contributed by atoms with Crippen LogP contribution in [0.4, 0.5) is 0 Å². The fourth-order valence-corrected chi connectivity index (χ4v) is 2.53. The molecule has 2 rings (SSSR count). The fraction of sp³-hybridized carbons (Fsp3) is 0.381. The van der Waals surface area contributed by atoms with Crippen LogP contribution in [0.2, 0.25) is 0 Å². The van der Waals surface area contributed by atoms with Crippen molar-refractivity contribution in [1.29, 1.82) is 0 Å². The summed E-state index contributed by atoms with van der Waals surface area (Å²) in [6.07, 6.45) is 0.797. The highest BCUT2D eigenvalue weighted by atomic mass is 127. The molecular formula is C21H30IN3O3. The number of guanidine groups is 1. The van der Waals surface area contributed by atoms with Crippen LogP contribution in [0.25, 0.3) is 0 Å². The predicted octanol–water partition coefficient (Wildman–Crippen LogP) is 3.33. The highest BCUT2D eigenvalue weighted by Crippen LogP contribution is 2.26. The number of aromatic hydroxyl groups is 1. The first-order valence-electron chi connectivity index (χ1n) is 9.22. The third-order valence-corrected chi connectivity index (χ3v) is 3.91. The maximum absolute atomic E-state index is 9.65. The summed E-state index contributed by atoms with van der Waals surface area (Å²) in [5.41, 5.74) is 2.25. The summed E-state index contributed by atoms with van der Waals surface area (Å²) in [6, 6.07) is 15.5. The van der Waals surface area contributed by atoms with E-state index in [-0.39, 0.29) is 29.7 Å². The minimum absolute atomic E-state index is 0. The molecular weight excluding hydrogens is 469 g/mol. The van der Waals surface area contributed by atoms with E-state index < -0.39 is 0 Å². The maximum atomic E-state index is 9.65. The van der Waals surface area contributed by atoms with Gasteiger partial charge in [-0.1, -0.05) is 36.4 Å². The van der Waals surface area contributed by atoms with E-state index in [1.807, 2.05) is 49.4 Å². The molecule has 0 bridgehead atoms. The van der Waals surface area contributed by atoms with Crippen molar-refractivity contribution in [2.24, 2.45) is 4.99 Å². The van der Waals surface area contributed by atoms with Gasteiger partial charge in [0.15, 0.2) is 17.5 Å². The summed E-state index contributed by atoms with van der Waals surface area (Å²) in [6.45, 7) is 5.32. The lowest BCUT2D eigenvalue weighted by molar-refractivity contribution is 0.128. The van der Waals surface area contributed by atoms with Crippen molar-refractivity contribution >= 4 is 29.9 Å². The van der Waals surface area contributed by atoms with Crippen LogP contribution in [0.15, 0.2) is 53.5 Å². The zero-order valence-corrected chi connectivity index (χ0v) is 18.8. The van der Waals surface area contributed by atoms with Crippen LogP contribution in [0.5, 0.6) is 11.5 Å². The number of nitrogens with zero attached hydrogens (tertiary/aromatic N) is 1. The van der Waals surface area contributed by atoms with Crippen LogP contribution in [0, 0.1) is 0 Å². The Balaban J connectivity index is 0.00000392. The van der Waals surface area contributed by atoms with E-state index in [1.165, 1.54) is 0 Å². The van der Waals surface area contributed by atoms with Gasteiger partial charge in [-0.3, -0.25) is 4.99 Å². The SMILES string of the molecule is CCNC(=NCCOCc1ccccc1)NCCc1ccc(O)c(OC)c1.I. The summed E-state index contributed by atoms with van der Waals surface area (Å²) in [7, 11) is 1.55. The van der Waals surface area contributed by atoms with Gasteiger partial charge in [0.1, 0.15) is 0 Å². The summed E-state index contributed by atoms with van der Waals surface area (Å²) in [5.74, 6) is 1.41. The van der Waals surface area contributed by atoms with Gasteiger partial charge in [-0.05, 0) is 36.6 Å². The van der Waals surface area contributed by atoms with Crippen molar-refractivity contribution < 1.29 is 14.6 Å². The third kappa shape index (κ3) is 8.79. The monoisotopic (exact) mass is 499 g/mol. The van der Waals surface area contributed by atoms with Crippen LogP contribution in [-0.4, -0.2) is 44.4 Å². The van der Waals surface area contributed by atoms with Crippen LogP contribution < -0.4 is 15.4 Å². The van der Waals surface area contributed by atoms with Crippen molar-refractivity contribution in [3.63, 3.8) is 0 Å². The zero-order chi connectivity index (χ0) is 19.3. The molecule has 0 heterocycles. The van der Waals surface area contributed by atoms with Crippen molar-refractivity contribution in [2.45, 2.75) is 20.0 Å². The van der Waals surface area contributed by atoms with Crippen LogP contribution >= 0.6 is 24.0 Å². The van der Waals surface area contributed by atoms with Gasteiger partial charge in [0.05, 0.1) is 26.9 Å². The maximum Gasteiger partial charge on any atom is 0.191 e. The molecule has 0 aliphatic heterocycles. The number of rotatable bonds is 10. The number of halogens is 1. The minimum Gasteiger partial charge on any atom is -0.504 e. The van der Waals surface area contributed by atoms with Gasteiger partial charge in [0.25, 0.3) is 0 Å². The molecule has 154 valence electrons. The molecule has 7 heteroatoms. The van der Waals surface area contributed by atoms with E-state index in [0.717, 1.165) is 36.6 Å². The van der Waals surface area contributed by atoms with Gasteiger partial charge < -0.3 is 25.2 Å². The molecule has 0 atom stereocenters. The third-order valence-electron chi connectivity index (χ3n) is 3.91. The second-order valence-electron chi connectivity index (χ2n) is 5.98. The van der Waals surface area contributed by atoms with Gasteiger partial charge in [0.2, 0.25) is 0 Å². The number of methoxy groups -OCH3 is 1. The van der Waals surface area contributed by atoms with Crippen molar-refractivity contribution in [2.75, 3.05) is 33.4 Å². The number of aliphatic imine (C=N–C) groups is 1. The Kier molecular flexibility index (Phi) is 12.1. The number of phenolic OH excluding ortho intramolecular Hbond substituents is 1. The Morgan fingerprint density at radius 2 is 1.86 bits per heavy atom. The quantitative estimate of drug-likeness (QED) is 0.203. The summed E-state index contributed by atoms with van der Waals surface area (Å²) in [4.78, 5) is 4.53. The average molecular weight is 499 g/mol. The molecule has 28 heavy (non-hydrogen) atoms. The number of hydrogen-bond donors (Lipinski definition) is 3. The summed E-state index contributed by atoms with van der Waals surface area (Å²) < 4.78 is 10.8. The fourth-order valence-electron chi connectivity index (χ4n) is 2.53. The van der Waals surface area contributed by atoms with Gasteiger partial charge in [-0.2, -0.15) is 0 Å². The average Bonchev–Trinajstić information content (AvgIpc) is 2.69. The Bertz CT molecular complexity index is 711. The smallest absolute Gasteiger partial charge is 0.191 e. The number of benzene rings is 2. The molecule has 0 aromatic heterocycles. The van der Waals surface area contributed by atoms with E-state index in [2.05, 4.69) is 15.6 Å². The second kappa shape index (κ2) is 14.1. The van der Waals surface area contributed by atoms with E-state index >= 15 is 0 Å². The first-order valence-corrected chi connectivity index (χ1v) is 9.22. The van der Waals surface area contributed by atoms with Crippen LogP contribution in [0.1, 0.15) is 18.1 Å². The largest absolute Gasteiger partial charge is 0.504 e. The molecule has 0 saturated heterocycles. The Morgan fingerprint density at radius 1 is 1.07 bits per heavy atom. The number of hydrogen-bond acceptors (Lipinski definition) is 4. The standard InChI is InChI=1S/C21H29N3O3.HI/c1-3-22-21(24-13-14-27-16-18-7-5-4-6-8-18)23-12-11-17-9-10-19(25)20(15-17)26-2;/h4-10,15,25H,3,11-14,16H2,1-2H3,(H2,22,23,24);1H. The van der Waals surface area contributed by atoms with E-state index in [0.29, 0.717) is 25.5 Å². The second-order valence-corrected chi connectivity index (χ2v) is 5.98. The highest BCUT2D eigenvalue weighted by molar-refractivity contribution is 14.0. The van der Waals surface area contributed by atoms with Crippen LogP contribution in [0.3, 0.4) is 0 Å². The molecule has 0 fully saturated rings. The molecule has 2 aromatic rings. The summed E-state index contributed by atoms with van der Waals surface area (Å²) >= 11 is 0. The number of nitrogens with one attached hydrogen (secondary N) is 2. The normalized spacial score (nSPS) is 10.9. The Labute approximate surface area is 184 Å².